The molecule has 0 bridgehead atoms. The molecule has 1 aliphatic heterocycles. The summed E-state index contributed by atoms with van der Waals surface area (Å²) in [5, 5.41) is 0. The first kappa shape index (κ1) is 27.6. The third-order valence-electron chi connectivity index (χ3n) is 7.45. The van der Waals surface area contributed by atoms with Crippen LogP contribution in [0.15, 0.2) is 59.5 Å². The SMILES string of the molecule is CCc1c(C(=O)N2CCOc3ccc(-c4ccc(-c5nc(C)c(C)[nH]5)cc4)cc3C2)ccc(S(=O)(=O)CC)c1F. The second kappa shape index (κ2) is 10.9. The summed E-state index contributed by atoms with van der Waals surface area (Å²) in [6, 6.07) is 16.7. The number of hydrogen-bond acceptors (Lipinski definition) is 5. The lowest BCUT2D eigenvalue weighted by molar-refractivity contribution is 0.0731. The minimum Gasteiger partial charge on any atom is -0.491 e. The topological polar surface area (TPSA) is 92.4 Å². The fraction of sp³-hybridized carbons (Fsp3) is 0.290. The van der Waals surface area contributed by atoms with Gasteiger partial charge in [-0.15, -0.1) is 0 Å². The molecule has 0 spiro atoms. The average Bonchev–Trinajstić information content (AvgIpc) is 3.16. The monoisotopic (exact) mass is 561 g/mol. The molecule has 3 aromatic carbocycles. The van der Waals surface area contributed by atoms with Gasteiger partial charge in [-0.2, -0.15) is 0 Å². The lowest BCUT2D eigenvalue weighted by atomic mass is 10.00. The van der Waals surface area contributed by atoms with Crippen molar-refractivity contribution in [1.29, 1.82) is 0 Å². The molecular formula is C31H32FN3O4S. The maximum atomic E-state index is 15.3. The molecule has 1 amide bonds. The quantitative estimate of drug-likeness (QED) is 0.317. The van der Waals surface area contributed by atoms with Gasteiger partial charge in [0.2, 0.25) is 0 Å². The molecule has 1 N–H and O–H groups in total. The largest absolute Gasteiger partial charge is 0.491 e. The summed E-state index contributed by atoms with van der Waals surface area (Å²) in [4.78, 5) is 22.8. The number of aromatic nitrogens is 2. The van der Waals surface area contributed by atoms with E-state index >= 15 is 4.39 Å². The van der Waals surface area contributed by atoms with Crippen LogP contribution in [-0.4, -0.2) is 48.1 Å². The molecule has 208 valence electrons. The summed E-state index contributed by atoms with van der Waals surface area (Å²) < 4.78 is 45.9. The van der Waals surface area contributed by atoms with Crippen LogP contribution in [0.4, 0.5) is 4.39 Å². The highest BCUT2D eigenvalue weighted by atomic mass is 32.2. The van der Waals surface area contributed by atoms with Crippen molar-refractivity contribution in [3.05, 3.63) is 88.5 Å². The van der Waals surface area contributed by atoms with Gasteiger partial charge in [0.15, 0.2) is 9.84 Å². The Balaban J connectivity index is 1.42. The number of carbonyl (C=O) groups is 1. The average molecular weight is 562 g/mol. The number of aromatic amines is 1. The number of hydrogen-bond donors (Lipinski definition) is 1. The molecule has 0 atom stereocenters. The van der Waals surface area contributed by atoms with Gasteiger partial charge in [-0.1, -0.05) is 44.2 Å². The minimum atomic E-state index is -3.75. The maximum absolute atomic E-state index is 15.3. The molecule has 4 aromatic rings. The number of benzene rings is 3. The van der Waals surface area contributed by atoms with Gasteiger partial charge in [0.1, 0.15) is 28.9 Å². The Labute approximate surface area is 234 Å². The summed E-state index contributed by atoms with van der Waals surface area (Å²) in [5.74, 6) is 0.116. The fourth-order valence-electron chi connectivity index (χ4n) is 4.96. The molecule has 5 rings (SSSR count). The number of rotatable bonds is 6. The van der Waals surface area contributed by atoms with Gasteiger partial charge in [-0.25, -0.2) is 17.8 Å². The van der Waals surface area contributed by atoms with E-state index in [9.17, 15) is 13.2 Å². The number of ether oxygens (including phenoxy) is 1. The molecule has 7 nitrogen and oxygen atoms in total. The van der Waals surface area contributed by atoms with Crippen molar-refractivity contribution in [2.75, 3.05) is 18.9 Å². The van der Waals surface area contributed by atoms with E-state index in [1.165, 1.54) is 19.1 Å². The van der Waals surface area contributed by atoms with Crippen molar-refractivity contribution in [3.63, 3.8) is 0 Å². The molecular weight excluding hydrogens is 529 g/mol. The Hall–Kier alpha value is -3.98. The first-order valence-electron chi connectivity index (χ1n) is 13.4. The summed E-state index contributed by atoms with van der Waals surface area (Å²) in [6.45, 7) is 8.05. The second-order valence-corrected chi connectivity index (χ2v) is 12.2. The highest BCUT2D eigenvalue weighted by Gasteiger charge is 2.27. The zero-order chi connectivity index (χ0) is 28.6. The van der Waals surface area contributed by atoms with Crippen LogP contribution in [0.5, 0.6) is 5.75 Å². The normalized spacial score (nSPS) is 13.5. The number of fused-ring (bicyclic) bond motifs is 1. The Morgan fingerprint density at radius 1 is 1.02 bits per heavy atom. The number of nitrogens with zero attached hydrogens (tertiary/aromatic N) is 2. The van der Waals surface area contributed by atoms with Crippen molar-refractivity contribution >= 4 is 15.7 Å². The van der Waals surface area contributed by atoms with Crippen LogP contribution in [0.1, 0.15) is 46.7 Å². The first-order valence-corrected chi connectivity index (χ1v) is 15.0. The van der Waals surface area contributed by atoms with Crippen LogP contribution in [0, 0.1) is 19.7 Å². The summed E-state index contributed by atoms with van der Waals surface area (Å²) in [7, 11) is -3.75. The number of carbonyl (C=O) groups excluding carboxylic acids is 1. The molecule has 0 unspecified atom stereocenters. The van der Waals surface area contributed by atoms with E-state index in [0.717, 1.165) is 39.5 Å². The lowest BCUT2D eigenvalue weighted by Crippen LogP contribution is -2.33. The second-order valence-electron chi connectivity index (χ2n) is 9.93. The van der Waals surface area contributed by atoms with Gasteiger partial charge < -0.3 is 14.6 Å². The summed E-state index contributed by atoms with van der Waals surface area (Å²) in [5.41, 5.74) is 6.12. The molecule has 0 saturated carbocycles. The van der Waals surface area contributed by atoms with E-state index in [-0.39, 0.29) is 40.6 Å². The third kappa shape index (κ3) is 5.13. The minimum absolute atomic E-state index is 0.112. The van der Waals surface area contributed by atoms with Crippen molar-refractivity contribution in [2.24, 2.45) is 0 Å². The molecule has 0 fully saturated rings. The van der Waals surface area contributed by atoms with Gasteiger partial charge in [0, 0.05) is 34.5 Å². The maximum Gasteiger partial charge on any atom is 0.254 e. The molecule has 0 aliphatic carbocycles. The van der Waals surface area contributed by atoms with Crippen LogP contribution >= 0.6 is 0 Å². The summed E-state index contributed by atoms with van der Waals surface area (Å²) >= 11 is 0. The highest BCUT2D eigenvalue weighted by Crippen LogP contribution is 2.32. The molecule has 40 heavy (non-hydrogen) atoms. The Morgan fingerprint density at radius 2 is 1.73 bits per heavy atom. The fourth-order valence-corrected chi connectivity index (χ4v) is 5.95. The molecule has 2 heterocycles. The Bertz CT molecular complexity index is 1670. The third-order valence-corrected chi connectivity index (χ3v) is 9.20. The van der Waals surface area contributed by atoms with Gasteiger partial charge >= 0.3 is 0 Å². The van der Waals surface area contributed by atoms with E-state index in [2.05, 4.69) is 9.97 Å². The van der Waals surface area contributed by atoms with E-state index in [1.54, 1.807) is 11.8 Å². The van der Waals surface area contributed by atoms with E-state index in [1.807, 2.05) is 56.3 Å². The van der Waals surface area contributed by atoms with Crippen molar-refractivity contribution in [2.45, 2.75) is 45.6 Å². The van der Waals surface area contributed by atoms with E-state index in [0.29, 0.717) is 18.9 Å². The molecule has 1 aliphatic rings. The van der Waals surface area contributed by atoms with E-state index in [4.69, 9.17) is 4.74 Å². The number of sulfone groups is 1. The van der Waals surface area contributed by atoms with Gasteiger partial charge in [0.25, 0.3) is 5.91 Å². The zero-order valence-corrected chi connectivity index (χ0v) is 23.9. The van der Waals surface area contributed by atoms with Crippen molar-refractivity contribution in [3.8, 4) is 28.3 Å². The van der Waals surface area contributed by atoms with Crippen LogP contribution in [-0.2, 0) is 22.8 Å². The number of halogens is 1. The molecule has 0 saturated heterocycles. The Kier molecular flexibility index (Phi) is 7.51. The van der Waals surface area contributed by atoms with Crippen LogP contribution in [0.3, 0.4) is 0 Å². The van der Waals surface area contributed by atoms with Crippen molar-refractivity contribution < 1.29 is 22.3 Å². The van der Waals surface area contributed by atoms with Gasteiger partial charge in [-0.3, -0.25) is 4.79 Å². The number of H-pyrrole nitrogens is 1. The predicted molar refractivity (Wildman–Crippen MR) is 153 cm³/mol. The number of aryl methyl sites for hydroxylation is 2. The molecule has 0 radical (unpaired) electrons. The van der Waals surface area contributed by atoms with Crippen LogP contribution in [0.2, 0.25) is 0 Å². The zero-order valence-electron chi connectivity index (χ0n) is 23.0. The van der Waals surface area contributed by atoms with Gasteiger partial charge in [0.05, 0.1) is 18.0 Å². The van der Waals surface area contributed by atoms with Crippen LogP contribution < -0.4 is 4.74 Å². The lowest BCUT2D eigenvalue weighted by Gasteiger charge is -2.22. The van der Waals surface area contributed by atoms with E-state index < -0.39 is 15.7 Å². The predicted octanol–water partition coefficient (Wildman–Crippen LogP) is 5.89. The van der Waals surface area contributed by atoms with Gasteiger partial charge in [-0.05, 0) is 55.7 Å². The summed E-state index contributed by atoms with van der Waals surface area (Å²) in [6.07, 6.45) is 0.193. The molecule has 9 heteroatoms. The smallest absolute Gasteiger partial charge is 0.254 e. The highest BCUT2D eigenvalue weighted by molar-refractivity contribution is 7.91. The number of amides is 1. The Morgan fingerprint density at radius 3 is 2.38 bits per heavy atom. The standard InChI is InChI=1S/C31H32FN3O4S/c1-5-25-26(12-14-28(29(25)32)40(37,38)6-2)31(36)35-15-16-39-27-13-11-23(17-24(27)18-35)21-7-9-22(10-8-21)30-33-19(3)20(4)34-30/h7-14,17H,5-6,15-16,18H2,1-4H3,(H,33,34). The first-order chi connectivity index (χ1) is 19.1. The molecule has 1 aromatic heterocycles. The number of nitrogens with one attached hydrogen (secondary N) is 1. The van der Waals surface area contributed by atoms with Crippen molar-refractivity contribution in [1.82, 2.24) is 14.9 Å². The van der Waals surface area contributed by atoms with Crippen LogP contribution in [0.25, 0.3) is 22.5 Å². The number of imidazole rings is 1.